The summed E-state index contributed by atoms with van der Waals surface area (Å²) >= 11 is 6.11. The van der Waals surface area contributed by atoms with E-state index in [0.717, 1.165) is 16.5 Å². The molecule has 1 aliphatic rings. The average molecular weight is 412 g/mol. The number of benzene rings is 2. The Morgan fingerprint density at radius 1 is 1.31 bits per heavy atom. The number of ether oxygens (including phenoxy) is 1. The van der Waals surface area contributed by atoms with E-state index in [9.17, 15) is 9.59 Å². The van der Waals surface area contributed by atoms with Crippen molar-refractivity contribution >= 4 is 40.0 Å². The van der Waals surface area contributed by atoms with Crippen LogP contribution in [0.1, 0.15) is 12.0 Å². The third-order valence-corrected chi connectivity index (χ3v) is 5.57. The molecule has 1 aliphatic heterocycles. The molecule has 1 saturated heterocycles. The van der Waals surface area contributed by atoms with Crippen LogP contribution in [0.15, 0.2) is 48.7 Å². The summed E-state index contributed by atoms with van der Waals surface area (Å²) in [5, 5.41) is 4.63. The number of para-hydroxylation sites is 2. The molecular weight excluding hydrogens is 390 g/mol. The van der Waals surface area contributed by atoms with Gasteiger partial charge in [0.25, 0.3) is 0 Å². The van der Waals surface area contributed by atoms with Crippen molar-refractivity contribution in [3.63, 3.8) is 0 Å². The fraction of sp³-hybridized carbons (Fsp3) is 0.273. The fourth-order valence-corrected chi connectivity index (χ4v) is 3.93. The predicted molar refractivity (Wildman–Crippen MR) is 113 cm³/mol. The zero-order valence-corrected chi connectivity index (χ0v) is 16.8. The minimum atomic E-state index is -0.371. The van der Waals surface area contributed by atoms with Gasteiger partial charge in [-0.3, -0.25) is 9.59 Å². The first-order chi connectivity index (χ1) is 14.0. The summed E-state index contributed by atoms with van der Waals surface area (Å²) in [6.07, 6.45) is 2.88. The molecule has 0 aliphatic carbocycles. The Hall–Kier alpha value is -2.99. The van der Waals surface area contributed by atoms with Crippen LogP contribution in [-0.2, 0) is 16.0 Å². The summed E-state index contributed by atoms with van der Waals surface area (Å²) in [5.74, 6) is 0.0668. The first-order valence-electron chi connectivity index (χ1n) is 9.52. The first-order valence-corrected chi connectivity index (χ1v) is 9.90. The van der Waals surface area contributed by atoms with Crippen LogP contribution in [0.2, 0.25) is 5.02 Å². The molecule has 0 radical (unpaired) electrons. The van der Waals surface area contributed by atoms with Crippen LogP contribution in [-0.4, -0.2) is 41.9 Å². The summed E-state index contributed by atoms with van der Waals surface area (Å²) < 4.78 is 5.27. The molecule has 0 saturated carbocycles. The largest absolute Gasteiger partial charge is 0.495 e. The molecule has 7 heteroatoms. The number of nitrogens with one attached hydrogen (secondary N) is 2. The molecule has 1 atom stereocenters. The van der Waals surface area contributed by atoms with E-state index in [4.69, 9.17) is 16.3 Å². The minimum Gasteiger partial charge on any atom is -0.495 e. The van der Waals surface area contributed by atoms with Crippen molar-refractivity contribution in [2.45, 2.75) is 12.8 Å². The third-order valence-electron chi connectivity index (χ3n) is 5.33. The number of aromatic nitrogens is 1. The number of carbonyl (C=O) groups is 2. The number of anilines is 1. The van der Waals surface area contributed by atoms with E-state index < -0.39 is 0 Å². The number of H-pyrrole nitrogens is 1. The number of nitrogens with zero attached hydrogens (tertiary/aromatic N) is 1. The SMILES string of the molecule is COc1ccccc1NC(=O)[C@H]1CC(=O)N(CCc2c[nH]c3ccc(Cl)cc23)C1. The lowest BCUT2D eigenvalue weighted by molar-refractivity contribution is -0.128. The Balaban J connectivity index is 1.38. The molecule has 2 heterocycles. The van der Waals surface area contributed by atoms with Gasteiger partial charge in [-0.05, 0) is 42.3 Å². The number of amides is 2. The van der Waals surface area contributed by atoms with Crippen LogP contribution in [0.25, 0.3) is 10.9 Å². The molecule has 150 valence electrons. The van der Waals surface area contributed by atoms with Crippen LogP contribution in [0.4, 0.5) is 5.69 Å². The highest BCUT2D eigenvalue weighted by Gasteiger charge is 2.34. The molecule has 3 aromatic rings. The van der Waals surface area contributed by atoms with E-state index >= 15 is 0 Å². The molecule has 2 aromatic carbocycles. The van der Waals surface area contributed by atoms with E-state index in [1.807, 2.05) is 36.5 Å². The topological polar surface area (TPSA) is 74.4 Å². The monoisotopic (exact) mass is 411 g/mol. The van der Waals surface area contributed by atoms with Gasteiger partial charge in [-0.25, -0.2) is 0 Å². The zero-order valence-electron chi connectivity index (χ0n) is 16.1. The molecule has 6 nitrogen and oxygen atoms in total. The van der Waals surface area contributed by atoms with E-state index in [2.05, 4.69) is 10.3 Å². The molecule has 2 amide bonds. The number of hydrogen-bond acceptors (Lipinski definition) is 3. The molecule has 1 aromatic heterocycles. The maximum atomic E-state index is 12.7. The lowest BCUT2D eigenvalue weighted by Gasteiger charge is -2.17. The van der Waals surface area contributed by atoms with E-state index in [1.165, 1.54) is 0 Å². The quantitative estimate of drug-likeness (QED) is 0.646. The van der Waals surface area contributed by atoms with E-state index in [-0.39, 0.29) is 24.2 Å². The van der Waals surface area contributed by atoms with E-state index in [1.54, 1.807) is 24.1 Å². The van der Waals surface area contributed by atoms with Crippen molar-refractivity contribution in [3.8, 4) is 5.75 Å². The number of fused-ring (bicyclic) bond motifs is 1. The van der Waals surface area contributed by atoms with Gasteiger partial charge in [0, 0.05) is 41.6 Å². The minimum absolute atomic E-state index is 0.00282. The highest BCUT2D eigenvalue weighted by atomic mass is 35.5. The van der Waals surface area contributed by atoms with Gasteiger partial charge in [0.15, 0.2) is 0 Å². The standard InChI is InChI=1S/C22H22ClN3O3/c1-29-20-5-3-2-4-19(20)25-22(28)15-10-21(27)26(13-15)9-8-14-12-24-18-7-6-16(23)11-17(14)18/h2-7,11-12,15,24H,8-10,13H2,1H3,(H,25,28)/t15-/m0/s1. The van der Waals surface area contributed by atoms with Crippen molar-refractivity contribution < 1.29 is 14.3 Å². The van der Waals surface area contributed by atoms with Gasteiger partial charge < -0.3 is 19.9 Å². The summed E-state index contributed by atoms with van der Waals surface area (Å²) in [7, 11) is 1.56. The van der Waals surface area contributed by atoms with Crippen molar-refractivity contribution in [1.29, 1.82) is 0 Å². The molecule has 1 fully saturated rings. The summed E-state index contributed by atoms with van der Waals surface area (Å²) in [6.45, 7) is 0.986. The Labute approximate surface area is 173 Å². The van der Waals surface area contributed by atoms with Gasteiger partial charge >= 0.3 is 0 Å². The Bertz CT molecular complexity index is 1060. The second-order valence-corrected chi connectivity index (χ2v) is 7.62. The van der Waals surface area contributed by atoms with Crippen LogP contribution < -0.4 is 10.1 Å². The number of halogens is 1. The van der Waals surface area contributed by atoms with Crippen molar-refractivity contribution in [2.24, 2.45) is 5.92 Å². The normalized spacial score (nSPS) is 16.4. The highest BCUT2D eigenvalue weighted by Crippen LogP contribution is 2.27. The smallest absolute Gasteiger partial charge is 0.229 e. The highest BCUT2D eigenvalue weighted by molar-refractivity contribution is 6.31. The Morgan fingerprint density at radius 2 is 2.14 bits per heavy atom. The van der Waals surface area contributed by atoms with Gasteiger partial charge in [0.2, 0.25) is 11.8 Å². The molecule has 0 unspecified atom stereocenters. The van der Waals surface area contributed by atoms with E-state index in [0.29, 0.717) is 36.0 Å². The van der Waals surface area contributed by atoms with Crippen LogP contribution >= 0.6 is 11.6 Å². The summed E-state index contributed by atoms with van der Waals surface area (Å²) in [4.78, 5) is 30.1. The van der Waals surface area contributed by atoms with Gasteiger partial charge in [-0.1, -0.05) is 23.7 Å². The number of likely N-dealkylation sites (tertiary alicyclic amines) is 1. The van der Waals surface area contributed by atoms with Crippen molar-refractivity contribution in [3.05, 3.63) is 59.2 Å². The van der Waals surface area contributed by atoms with Crippen molar-refractivity contribution in [2.75, 3.05) is 25.5 Å². The number of aromatic amines is 1. The number of rotatable bonds is 6. The number of methoxy groups -OCH3 is 1. The second kappa shape index (κ2) is 8.17. The summed E-state index contributed by atoms with van der Waals surface area (Å²) in [5.41, 5.74) is 2.74. The second-order valence-electron chi connectivity index (χ2n) is 7.18. The molecule has 0 spiro atoms. The van der Waals surface area contributed by atoms with Crippen LogP contribution in [0.5, 0.6) is 5.75 Å². The summed E-state index contributed by atoms with van der Waals surface area (Å²) in [6, 6.07) is 13.0. The number of carbonyl (C=O) groups excluding carboxylic acids is 2. The fourth-order valence-electron chi connectivity index (χ4n) is 3.76. The number of hydrogen-bond donors (Lipinski definition) is 2. The Morgan fingerprint density at radius 3 is 2.97 bits per heavy atom. The Kier molecular flexibility index (Phi) is 5.45. The van der Waals surface area contributed by atoms with Gasteiger partial charge in [0.05, 0.1) is 18.7 Å². The first kappa shape index (κ1) is 19.3. The third kappa shape index (κ3) is 4.07. The predicted octanol–water partition coefficient (Wildman–Crippen LogP) is 3.86. The molecule has 4 rings (SSSR count). The molecule has 0 bridgehead atoms. The zero-order chi connectivity index (χ0) is 20.4. The maximum absolute atomic E-state index is 12.7. The maximum Gasteiger partial charge on any atom is 0.229 e. The lowest BCUT2D eigenvalue weighted by Crippen LogP contribution is -2.30. The van der Waals surface area contributed by atoms with Gasteiger partial charge in [0.1, 0.15) is 5.75 Å². The van der Waals surface area contributed by atoms with Gasteiger partial charge in [-0.15, -0.1) is 0 Å². The molecule has 29 heavy (non-hydrogen) atoms. The van der Waals surface area contributed by atoms with Gasteiger partial charge in [-0.2, -0.15) is 0 Å². The van der Waals surface area contributed by atoms with Crippen LogP contribution in [0.3, 0.4) is 0 Å². The van der Waals surface area contributed by atoms with Crippen molar-refractivity contribution in [1.82, 2.24) is 9.88 Å². The lowest BCUT2D eigenvalue weighted by atomic mass is 10.1. The molecule has 2 N–H and O–H groups in total. The van der Waals surface area contributed by atoms with Crippen LogP contribution in [0, 0.1) is 5.92 Å². The average Bonchev–Trinajstić information content (AvgIpc) is 3.29. The molecular formula is C22H22ClN3O3.